The van der Waals surface area contributed by atoms with Crippen molar-refractivity contribution in [3.05, 3.63) is 21.8 Å². The molecule has 1 heterocycles. The summed E-state index contributed by atoms with van der Waals surface area (Å²) in [6, 6.07) is 1.12. The predicted octanol–water partition coefficient (Wildman–Crippen LogP) is 2.13. The normalized spacial score (nSPS) is 9.73. The summed E-state index contributed by atoms with van der Waals surface area (Å²) in [5.74, 6) is -0.724. The van der Waals surface area contributed by atoms with Gasteiger partial charge in [0.1, 0.15) is 3.70 Å². The highest BCUT2D eigenvalue weighted by Gasteiger charge is 2.07. The first kappa shape index (κ1) is 8.63. The van der Waals surface area contributed by atoms with Crippen LogP contribution in [0.15, 0.2) is 12.3 Å². The Morgan fingerprint density at radius 3 is 2.91 bits per heavy atom. The minimum atomic E-state index is -1.04. The van der Waals surface area contributed by atoms with Gasteiger partial charge < -0.3 is 4.74 Å². The maximum Gasteiger partial charge on any atom is 0.228 e. The van der Waals surface area contributed by atoms with Crippen LogP contribution in [0.3, 0.4) is 0 Å². The zero-order chi connectivity index (χ0) is 8.27. The van der Waals surface area contributed by atoms with Gasteiger partial charge in [-0.2, -0.15) is 0 Å². The van der Waals surface area contributed by atoms with Crippen LogP contribution in [-0.2, 0) is 0 Å². The maximum atomic E-state index is 12.7. The average molecular weight is 271 g/mol. The van der Waals surface area contributed by atoms with Crippen molar-refractivity contribution in [1.82, 2.24) is 4.98 Å². The molecule has 2 nitrogen and oxygen atoms in total. The lowest BCUT2D eigenvalue weighted by molar-refractivity contribution is 0.182. The van der Waals surface area contributed by atoms with Gasteiger partial charge in [-0.25, -0.2) is 13.8 Å². The third-order valence-electron chi connectivity index (χ3n) is 1.01. The van der Waals surface area contributed by atoms with Gasteiger partial charge in [0.15, 0.2) is 11.6 Å². The van der Waals surface area contributed by atoms with Gasteiger partial charge in [0.2, 0.25) is 6.86 Å². The summed E-state index contributed by atoms with van der Waals surface area (Å²) >= 11 is 1.77. The third kappa shape index (κ3) is 1.98. The van der Waals surface area contributed by atoms with Crippen molar-refractivity contribution >= 4 is 22.6 Å². The van der Waals surface area contributed by atoms with Crippen LogP contribution in [0, 0.1) is 9.52 Å². The standard InChI is InChI=1S/C6H4F2INO/c7-3-11-5-4(8)1-2-10-6(5)9/h1-2H,3H2. The van der Waals surface area contributed by atoms with Crippen molar-refractivity contribution in [2.24, 2.45) is 0 Å². The van der Waals surface area contributed by atoms with Crippen LogP contribution in [0.1, 0.15) is 0 Å². The molecule has 0 unspecified atom stereocenters. The molecule has 0 fully saturated rings. The first-order valence-electron chi connectivity index (χ1n) is 2.74. The fourth-order valence-corrected chi connectivity index (χ4v) is 1.16. The molecule has 1 aromatic rings. The lowest BCUT2D eigenvalue weighted by Gasteiger charge is -2.02. The van der Waals surface area contributed by atoms with Crippen molar-refractivity contribution in [3.63, 3.8) is 0 Å². The smallest absolute Gasteiger partial charge is 0.228 e. The summed E-state index contributed by atoms with van der Waals surface area (Å²) in [6.45, 7) is -1.04. The van der Waals surface area contributed by atoms with Crippen molar-refractivity contribution in [2.75, 3.05) is 6.86 Å². The van der Waals surface area contributed by atoms with Gasteiger partial charge in [-0.3, -0.25) is 0 Å². The molecule has 0 saturated carbocycles. The summed E-state index contributed by atoms with van der Waals surface area (Å²) in [5, 5.41) is 0. The van der Waals surface area contributed by atoms with Crippen LogP contribution in [0.25, 0.3) is 0 Å². The molecule has 0 atom stereocenters. The van der Waals surface area contributed by atoms with Gasteiger partial charge in [0.05, 0.1) is 0 Å². The van der Waals surface area contributed by atoms with E-state index >= 15 is 0 Å². The van der Waals surface area contributed by atoms with E-state index in [-0.39, 0.29) is 5.75 Å². The summed E-state index contributed by atoms with van der Waals surface area (Å²) in [4.78, 5) is 3.71. The number of rotatable bonds is 2. The van der Waals surface area contributed by atoms with E-state index in [0.29, 0.717) is 3.70 Å². The van der Waals surface area contributed by atoms with Crippen molar-refractivity contribution in [2.45, 2.75) is 0 Å². The first-order chi connectivity index (χ1) is 5.25. The summed E-state index contributed by atoms with van der Waals surface area (Å²) in [5.41, 5.74) is 0. The number of aromatic nitrogens is 1. The number of nitrogens with zero attached hydrogens (tertiary/aromatic N) is 1. The van der Waals surface area contributed by atoms with E-state index in [1.54, 1.807) is 22.6 Å². The van der Waals surface area contributed by atoms with E-state index in [9.17, 15) is 8.78 Å². The Morgan fingerprint density at radius 2 is 2.36 bits per heavy atom. The van der Waals surface area contributed by atoms with Gasteiger partial charge in [-0.15, -0.1) is 0 Å². The predicted molar refractivity (Wildman–Crippen MR) is 43.5 cm³/mol. The largest absolute Gasteiger partial charge is 0.457 e. The number of alkyl halides is 1. The Labute approximate surface area is 75.7 Å². The Kier molecular flexibility index (Phi) is 2.98. The second kappa shape index (κ2) is 3.80. The number of halogens is 3. The minimum Gasteiger partial charge on any atom is -0.457 e. The molecule has 1 aromatic heterocycles. The monoisotopic (exact) mass is 271 g/mol. The third-order valence-corrected chi connectivity index (χ3v) is 1.78. The molecule has 5 heteroatoms. The zero-order valence-electron chi connectivity index (χ0n) is 5.35. The Hall–Kier alpha value is -0.460. The number of hydrogen-bond donors (Lipinski definition) is 0. The molecule has 0 aliphatic heterocycles. The molecular formula is C6H4F2INO. The molecule has 0 aliphatic rings. The van der Waals surface area contributed by atoms with Crippen LogP contribution in [0.4, 0.5) is 8.78 Å². The van der Waals surface area contributed by atoms with E-state index in [1.165, 1.54) is 6.20 Å². The lowest BCUT2D eigenvalue weighted by Crippen LogP contribution is -1.97. The molecule has 0 aliphatic carbocycles. The van der Waals surface area contributed by atoms with E-state index < -0.39 is 12.7 Å². The molecule has 60 valence electrons. The molecule has 0 saturated heterocycles. The Balaban J connectivity index is 3.00. The van der Waals surface area contributed by atoms with Crippen molar-refractivity contribution < 1.29 is 13.5 Å². The fraction of sp³-hybridized carbons (Fsp3) is 0.167. The average Bonchev–Trinajstić information content (AvgIpc) is 1.97. The van der Waals surface area contributed by atoms with Gasteiger partial charge in [0.25, 0.3) is 0 Å². The van der Waals surface area contributed by atoms with E-state index in [1.807, 2.05) is 0 Å². The van der Waals surface area contributed by atoms with Crippen LogP contribution >= 0.6 is 22.6 Å². The second-order valence-electron chi connectivity index (χ2n) is 1.67. The van der Waals surface area contributed by atoms with E-state index in [2.05, 4.69) is 9.72 Å². The highest BCUT2D eigenvalue weighted by atomic mass is 127. The molecule has 11 heavy (non-hydrogen) atoms. The fourth-order valence-electron chi connectivity index (χ4n) is 0.584. The van der Waals surface area contributed by atoms with Gasteiger partial charge in [0, 0.05) is 6.20 Å². The molecule has 1 rings (SSSR count). The van der Waals surface area contributed by atoms with E-state index in [0.717, 1.165) is 6.07 Å². The zero-order valence-corrected chi connectivity index (χ0v) is 7.51. The molecule has 0 N–H and O–H groups in total. The molecule has 0 aromatic carbocycles. The lowest BCUT2D eigenvalue weighted by atomic mass is 10.4. The second-order valence-corrected chi connectivity index (χ2v) is 2.69. The van der Waals surface area contributed by atoms with Gasteiger partial charge >= 0.3 is 0 Å². The summed E-state index contributed by atoms with van der Waals surface area (Å²) in [6.07, 6.45) is 1.29. The SMILES string of the molecule is FCOc1c(F)ccnc1I. The number of hydrogen-bond acceptors (Lipinski definition) is 2. The summed E-state index contributed by atoms with van der Waals surface area (Å²) in [7, 11) is 0. The number of pyridine rings is 1. The Morgan fingerprint density at radius 1 is 1.64 bits per heavy atom. The first-order valence-corrected chi connectivity index (χ1v) is 3.82. The molecule has 0 amide bonds. The quantitative estimate of drug-likeness (QED) is 0.607. The van der Waals surface area contributed by atoms with Crippen LogP contribution < -0.4 is 4.74 Å². The molecule has 0 radical (unpaired) electrons. The van der Waals surface area contributed by atoms with Crippen LogP contribution in [0.5, 0.6) is 5.75 Å². The maximum absolute atomic E-state index is 12.7. The Bertz CT molecular complexity index is 236. The molecule has 0 spiro atoms. The van der Waals surface area contributed by atoms with E-state index in [4.69, 9.17) is 0 Å². The highest BCUT2D eigenvalue weighted by molar-refractivity contribution is 14.1. The van der Waals surface area contributed by atoms with Gasteiger partial charge in [-0.05, 0) is 28.7 Å². The topological polar surface area (TPSA) is 22.1 Å². The molecular weight excluding hydrogens is 267 g/mol. The van der Waals surface area contributed by atoms with Crippen LogP contribution in [0.2, 0.25) is 0 Å². The van der Waals surface area contributed by atoms with Crippen molar-refractivity contribution in [1.29, 1.82) is 0 Å². The van der Waals surface area contributed by atoms with Crippen LogP contribution in [-0.4, -0.2) is 11.8 Å². The van der Waals surface area contributed by atoms with Gasteiger partial charge in [-0.1, -0.05) is 0 Å². The molecule has 0 bridgehead atoms. The highest BCUT2D eigenvalue weighted by Crippen LogP contribution is 2.21. The minimum absolute atomic E-state index is 0.129. The summed E-state index contributed by atoms with van der Waals surface area (Å²) < 4.78 is 29.0. The number of ether oxygens (including phenoxy) is 1. The van der Waals surface area contributed by atoms with Crippen molar-refractivity contribution in [3.8, 4) is 5.75 Å².